The van der Waals surface area contributed by atoms with E-state index in [1.54, 1.807) is 0 Å². The third-order valence-electron chi connectivity index (χ3n) is 0.556. The van der Waals surface area contributed by atoms with Crippen molar-refractivity contribution in [1.82, 2.24) is 0 Å². The number of hydrogen-bond donors (Lipinski definition) is 0. The molecule has 1 aromatic rings. The van der Waals surface area contributed by atoms with Crippen LogP contribution in [0, 0.1) is 14.9 Å². The summed E-state index contributed by atoms with van der Waals surface area (Å²) in [5.41, 5.74) is 0. The predicted molar refractivity (Wildman–Crippen MR) is 34.9 cm³/mol. The van der Waals surface area contributed by atoms with Crippen molar-refractivity contribution in [3.05, 3.63) is 45.2 Å². The van der Waals surface area contributed by atoms with Crippen molar-refractivity contribution < 1.29 is 18.6 Å². The van der Waals surface area contributed by atoms with Crippen molar-refractivity contribution in [2.75, 3.05) is 0 Å². The quantitative estimate of drug-likeness (QED) is 0.492. The molecule has 0 spiro atoms. The molecule has 1 rings (SSSR count). The van der Waals surface area contributed by atoms with Crippen LogP contribution in [0.4, 0.5) is 0 Å². The summed E-state index contributed by atoms with van der Waals surface area (Å²) < 4.78 is 0. The van der Waals surface area contributed by atoms with Crippen molar-refractivity contribution >= 4 is 0 Å². The molecule has 0 atom stereocenters. The Morgan fingerprint density at radius 2 is 1.25 bits per heavy atom. The smallest absolute Gasteiger partial charge is 0 e. The van der Waals surface area contributed by atoms with E-state index in [1.165, 1.54) is 0 Å². The van der Waals surface area contributed by atoms with Gasteiger partial charge in [0, 0.05) is 18.6 Å². The molecule has 0 aliphatic rings. The van der Waals surface area contributed by atoms with Crippen LogP contribution in [-0.2, 0) is 18.6 Å². The maximum atomic E-state index is 2.00. The standard InChI is InChI=1S/C5H5.2CH3.V/c1-2-4-5-3-1;;;/h1-5H;2*1H3;/q3*-1;. The topological polar surface area (TPSA) is 0 Å². The molecule has 0 saturated heterocycles. The van der Waals surface area contributed by atoms with Gasteiger partial charge in [0.15, 0.2) is 0 Å². The average molecular weight is 146 g/mol. The van der Waals surface area contributed by atoms with Crippen molar-refractivity contribution in [2.45, 2.75) is 0 Å². The van der Waals surface area contributed by atoms with Crippen LogP contribution >= 0.6 is 0 Å². The van der Waals surface area contributed by atoms with Crippen LogP contribution in [0.1, 0.15) is 0 Å². The first-order valence-electron chi connectivity index (χ1n) is 1.67. The van der Waals surface area contributed by atoms with Gasteiger partial charge in [-0.15, -0.1) is 0 Å². The summed E-state index contributed by atoms with van der Waals surface area (Å²) in [5, 5.41) is 0. The van der Waals surface area contributed by atoms with Crippen LogP contribution in [-0.4, -0.2) is 0 Å². The van der Waals surface area contributed by atoms with E-state index in [1.807, 2.05) is 30.3 Å². The van der Waals surface area contributed by atoms with E-state index in [2.05, 4.69) is 0 Å². The summed E-state index contributed by atoms with van der Waals surface area (Å²) in [5.74, 6) is 0. The molecule has 0 heterocycles. The maximum absolute atomic E-state index is 2.00. The number of hydrogen-bond acceptors (Lipinski definition) is 0. The molecule has 0 aliphatic carbocycles. The molecule has 0 aromatic heterocycles. The van der Waals surface area contributed by atoms with Crippen molar-refractivity contribution in [1.29, 1.82) is 0 Å². The summed E-state index contributed by atoms with van der Waals surface area (Å²) in [6.45, 7) is 0. The Morgan fingerprint density at radius 3 is 1.38 bits per heavy atom. The summed E-state index contributed by atoms with van der Waals surface area (Å²) in [6.07, 6.45) is 0. The molecule has 0 unspecified atom stereocenters. The van der Waals surface area contributed by atoms with Crippen molar-refractivity contribution in [3.8, 4) is 0 Å². The second-order valence-electron chi connectivity index (χ2n) is 0.962. The Labute approximate surface area is 64.2 Å². The van der Waals surface area contributed by atoms with E-state index in [0.29, 0.717) is 0 Å². The van der Waals surface area contributed by atoms with Gasteiger partial charge in [-0.05, 0) is 0 Å². The molecule has 8 heavy (non-hydrogen) atoms. The molecule has 1 heteroatoms. The van der Waals surface area contributed by atoms with Gasteiger partial charge in [-0.25, -0.2) is 12.1 Å². The molecule has 47 valence electrons. The molecule has 1 aromatic carbocycles. The molecular weight excluding hydrogens is 135 g/mol. The molecule has 1 radical (unpaired) electrons. The van der Waals surface area contributed by atoms with Gasteiger partial charge in [0.25, 0.3) is 0 Å². The van der Waals surface area contributed by atoms with E-state index < -0.39 is 0 Å². The Morgan fingerprint density at radius 1 is 0.875 bits per heavy atom. The van der Waals surface area contributed by atoms with Gasteiger partial charge >= 0.3 is 0 Å². The zero-order valence-corrected chi connectivity index (χ0v) is 6.73. The second kappa shape index (κ2) is 10.0. The maximum Gasteiger partial charge on any atom is 0 e. The monoisotopic (exact) mass is 146 g/mol. The largest absolute Gasteiger partial charge is 0.358 e. The fourth-order valence-electron chi connectivity index (χ4n) is 0.321. The third-order valence-corrected chi connectivity index (χ3v) is 0.556. The summed E-state index contributed by atoms with van der Waals surface area (Å²) in [6, 6.07) is 10.0. The minimum absolute atomic E-state index is 0. The zero-order valence-electron chi connectivity index (χ0n) is 5.33. The van der Waals surface area contributed by atoms with E-state index in [-0.39, 0.29) is 33.4 Å². The van der Waals surface area contributed by atoms with Crippen LogP contribution in [0.5, 0.6) is 0 Å². The Balaban J connectivity index is -0.0000000833. The molecule has 0 N–H and O–H groups in total. The van der Waals surface area contributed by atoms with Gasteiger partial charge in [-0.2, -0.15) is 18.2 Å². The molecule has 0 saturated carbocycles. The van der Waals surface area contributed by atoms with Gasteiger partial charge in [0.05, 0.1) is 0 Å². The van der Waals surface area contributed by atoms with Crippen LogP contribution in [0.15, 0.2) is 30.3 Å². The molecule has 0 nitrogen and oxygen atoms in total. The first kappa shape index (κ1) is 15.7. The van der Waals surface area contributed by atoms with E-state index in [9.17, 15) is 0 Å². The molecule has 0 amide bonds. The normalized spacial score (nSPS) is 5.00. The van der Waals surface area contributed by atoms with Gasteiger partial charge < -0.3 is 14.9 Å². The fraction of sp³-hybridized carbons (Fsp3) is 0. The molecule has 0 bridgehead atoms. The first-order valence-corrected chi connectivity index (χ1v) is 1.67. The van der Waals surface area contributed by atoms with Gasteiger partial charge in [-0.1, -0.05) is 0 Å². The third kappa shape index (κ3) is 5.93. The minimum atomic E-state index is 0. The Hall–Kier alpha value is -0.0656. The molecule has 0 aliphatic heterocycles. The zero-order chi connectivity index (χ0) is 3.54. The average Bonchev–Trinajstić information content (AvgIpc) is 1.76. The molecular formula is C7H11V-3. The van der Waals surface area contributed by atoms with Crippen LogP contribution < -0.4 is 0 Å². The van der Waals surface area contributed by atoms with Gasteiger partial charge in [-0.3, -0.25) is 0 Å². The van der Waals surface area contributed by atoms with Crippen LogP contribution in [0.3, 0.4) is 0 Å². The van der Waals surface area contributed by atoms with Crippen molar-refractivity contribution in [3.63, 3.8) is 0 Å². The van der Waals surface area contributed by atoms with Gasteiger partial charge in [0.1, 0.15) is 0 Å². The van der Waals surface area contributed by atoms with Gasteiger partial charge in [0.2, 0.25) is 0 Å². The van der Waals surface area contributed by atoms with E-state index in [4.69, 9.17) is 0 Å². The summed E-state index contributed by atoms with van der Waals surface area (Å²) in [7, 11) is 0. The van der Waals surface area contributed by atoms with Crippen LogP contribution in [0.2, 0.25) is 0 Å². The molecule has 0 fully saturated rings. The van der Waals surface area contributed by atoms with E-state index in [0.717, 1.165) is 0 Å². The van der Waals surface area contributed by atoms with E-state index >= 15 is 0 Å². The minimum Gasteiger partial charge on any atom is -0.358 e. The Kier molecular flexibility index (Phi) is 19.6. The predicted octanol–water partition coefficient (Wildman–Crippen LogP) is 2.30. The van der Waals surface area contributed by atoms with Crippen LogP contribution in [0.25, 0.3) is 0 Å². The second-order valence-corrected chi connectivity index (χ2v) is 0.962. The van der Waals surface area contributed by atoms with Crippen molar-refractivity contribution in [2.24, 2.45) is 0 Å². The first-order chi connectivity index (χ1) is 2.50. The summed E-state index contributed by atoms with van der Waals surface area (Å²) >= 11 is 0. The number of rotatable bonds is 0. The Bertz CT molecular complexity index is 60.9. The SMILES string of the molecule is [CH3-].[CH3-].[V].c1cc[cH-]c1. The fourth-order valence-corrected chi connectivity index (χ4v) is 0.321. The summed E-state index contributed by atoms with van der Waals surface area (Å²) in [4.78, 5) is 0.